The van der Waals surface area contributed by atoms with Crippen LogP contribution in [0.25, 0.3) is 0 Å². The molecule has 1 aliphatic rings. The van der Waals surface area contributed by atoms with E-state index in [0.29, 0.717) is 23.6 Å². The van der Waals surface area contributed by atoms with Crippen LogP contribution in [0.4, 0.5) is 0 Å². The van der Waals surface area contributed by atoms with Gasteiger partial charge in [0, 0.05) is 10.9 Å². The Labute approximate surface area is 175 Å². The molecule has 4 unspecified atom stereocenters. The largest absolute Gasteiger partial charge is 0.616 e. The normalized spacial score (nSPS) is 22.6. The van der Waals surface area contributed by atoms with E-state index in [1.807, 2.05) is 44.7 Å². The summed E-state index contributed by atoms with van der Waals surface area (Å²) in [7, 11) is 0. The number of halogens is 1. The van der Waals surface area contributed by atoms with Crippen LogP contribution in [0.15, 0.2) is 24.3 Å². The highest BCUT2D eigenvalue weighted by molar-refractivity contribution is 7.92. The SMILES string of the molecule is CC(C)C(C[S+]([O-])C(C)C)N1C(=O)C(CC(=O)O)CCC1c1ccc(Cl)cc1. The number of nitrogens with zero attached hydrogens (tertiary/aromatic N) is 1. The van der Waals surface area contributed by atoms with Crippen molar-refractivity contribution in [3.8, 4) is 0 Å². The lowest BCUT2D eigenvalue weighted by molar-refractivity contribution is -0.151. The molecule has 1 fully saturated rings. The third-order valence-corrected chi connectivity index (χ3v) is 7.37. The van der Waals surface area contributed by atoms with Gasteiger partial charge in [0.05, 0.1) is 18.5 Å². The van der Waals surface area contributed by atoms with Crippen LogP contribution in [0.3, 0.4) is 0 Å². The Balaban J connectivity index is 2.41. The third kappa shape index (κ3) is 5.65. The van der Waals surface area contributed by atoms with Gasteiger partial charge in [0.1, 0.15) is 11.0 Å². The number of rotatable bonds is 8. The first kappa shape index (κ1) is 23.0. The number of carbonyl (C=O) groups excluding carboxylic acids is 1. The van der Waals surface area contributed by atoms with Crippen LogP contribution in [-0.2, 0) is 20.8 Å². The van der Waals surface area contributed by atoms with Crippen LogP contribution < -0.4 is 0 Å². The first-order chi connectivity index (χ1) is 13.1. The molecule has 28 heavy (non-hydrogen) atoms. The minimum absolute atomic E-state index is 0.00458. The van der Waals surface area contributed by atoms with Gasteiger partial charge in [-0.3, -0.25) is 9.59 Å². The number of carboxylic acid groups (broad SMARTS) is 1. The summed E-state index contributed by atoms with van der Waals surface area (Å²) in [5.41, 5.74) is 0.979. The Hall–Kier alpha value is -1.24. The molecule has 0 aliphatic carbocycles. The lowest BCUT2D eigenvalue weighted by atomic mass is 9.84. The second-order valence-corrected chi connectivity index (χ2v) is 10.6. The van der Waals surface area contributed by atoms with E-state index in [0.717, 1.165) is 5.56 Å². The van der Waals surface area contributed by atoms with Crippen molar-refractivity contribution in [2.24, 2.45) is 11.8 Å². The highest BCUT2D eigenvalue weighted by Crippen LogP contribution is 2.39. The second-order valence-electron chi connectivity index (χ2n) is 8.09. The second kappa shape index (κ2) is 9.99. The molecular weight excluding hydrogens is 398 g/mol. The molecule has 0 saturated carbocycles. The van der Waals surface area contributed by atoms with Crippen molar-refractivity contribution in [1.29, 1.82) is 0 Å². The van der Waals surface area contributed by atoms with E-state index in [1.54, 1.807) is 12.1 Å². The number of hydrogen-bond acceptors (Lipinski definition) is 3. The Bertz CT molecular complexity index is 679. The fourth-order valence-corrected chi connectivity index (χ4v) is 5.14. The van der Waals surface area contributed by atoms with Gasteiger partial charge in [-0.2, -0.15) is 0 Å². The predicted octanol–water partition coefficient (Wildman–Crippen LogP) is 4.28. The Morgan fingerprint density at radius 1 is 1.25 bits per heavy atom. The zero-order valence-electron chi connectivity index (χ0n) is 16.9. The van der Waals surface area contributed by atoms with Gasteiger partial charge in [0.15, 0.2) is 0 Å². The van der Waals surface area contributed by atoms with Crippen molar-refractivity contribution < 1.29 is 19.2 Å². The number of amides is 1. The van der Waals surface area contributed by atoms with Crippen LogP contribution in [0.1, 0.15) is 58.6 Å². The lowest BCUT2D eigenvalue weighted by Gasteiger charge is -2.45. The topological polar surface area (TPSA) is 80.7 Å². The van der Waals surface area contributed by atoms with Crippen LogP contribution >= 0.6 is 11.6 Å². The molecule has 0 radical (unpaired) electrons. The minimum Gasteiger partial charge on any atom is -0.616 e. The van der Waals surface area contributed by atoms with Crippen LogP contribution in [0.2, 0.25) is 5.02 Å². The summed E-state index contributed by atoms with van der Waals surface area (Å²) in [6, 6.07) is 7.07. The Morgan fingerprint density at radius 3 is 2.36 bits per heavy atom. The number of hydrogen-bond donors (Lipinski definition) is 1. The van der Waals surface area contributed by atoms with Crippen molar-refractivity contribution in [2.75, 3.05) is 5.75 Å². The van der Waals surface area contributed by atoms with E-state index in [1.165, 1.54) is 0 Å². The molecule has 0 bridgehead atoms. The van der Waals surface area contributed by atoms with E-state index in [2.05, 4.69) is 0 Å². The lowest BCUT2D eigenvalue weighted by Crippen LogP contribution is -2.54. The summed E-state index contributed by atoms with van der Waals surface area (Å²) in [4.78, 5) is 26.4. The molecule has 4 atom stereocenters. The first-order valence-corrected chi connectivity index (χ1v) is 11.5. The number of likely N-dealkylation sites (tertiary alicyclic amines) is 1. The van der Waals surface area contributed by atoms with E-state index >= 15 is 0 Å². The maximum Gasteiger partial charge on any atom is 0.304 e. The highest BCUT2D eigenvalue weighted by atomic mass is 35.5. The molecule has 2 rings (SSSR count). The van der Waals surface area contributed by atoms with E-state index in [4.69, 9.17) is 11.6 Å². The first-order valence-electron chi connectivity index (χ1n) is 9.78. The van der Waals surface area contributed by atoms with Crippen molar-refractivity contribution >= 4 is 34.7 Å². The van der Waals surface area contributed by atoms with E-state index < -0.39 is 23.1 Å². The van der Waals surface area contributed by atoms with Crippen molar-refractivity contribution in [2.45, 2.75) is 64.3 Å². The van der Waals surface area contributed by atoms with Gasteiger partial charge in [0.25, 0.3) is 0 Å². The Morgan fingerprint density at radius 2 is 1.86 bits per heavy atom. The summed E-state index contributed by atoms with van der Waals surface area (Å²) in [5, 5.41) is 9.85. The number of carboxylic acids is 1. The summed E-state index contributed by atoms with van der Waals surface area (Å²) >= 11 is 4.96. The molecule has 0 spiro atoms. The standard InChI is InChI=1S/C21H30ClNO4S/c1-13(2)19(12-28(27)14(3)4)23-18(15-5-8-17(22)9-6-15)10-7-16(21(23)26)11-20(24)25/h5-6,8-9,13-14,16,18-19H,7,10-12H2,1-4H3,(H,24,25). The van der Waals surface area contributed by atoms with Crippen molar-refractivity contribution in [1.82, 2.24) is 4.90 Å². The van der Waals surface area contributed by atoms with Crippen LogP contribution in [0, 0.1) is 11.8 Å². The minimum atomic E-state index is -1.07. The summed E-state index contributed by atoms with van der Waals surface area (Å²) < 4.78 is 12.6. The van der Waals surface area contributed by atoms with Gasteiger partial charge in [-0.25, -0.2) is 0 Å². The zero-order chi connectivity index (χ0) is 21.0. The molecule has 1 aliphatic heterocycles. The number of carbonyl (C=O) groups is 2. The third-order valence-electron chi connectivity index (χ3n) is 5.39. The van der Waals surface area contributed by atoms with Gasteiger partial charge in [-0.1, -0.05) is 37.6 Å². The van der Waals surface area contributed by atoms with Gasteiger partial charge < -0.3 is 14.6 Å². The molecule has 1 heterocycles. The fourth-order valence-electron chi connectivity index (χ4n) is 3.75. The molecule has 156 valence electrons. The Kier molecular flexibility index (Phi) is 8.22. The molecule has 5 nitrogen and oxygen atoms in total. The van der Waals surface area contributed by atoms with Gasteiger partial charge >= 0.3 is 5.97 Å². The highest BCUT2D eigenvalue weighted by Gasteiger charge is 2.43. The molecule has 1 N–H and O–H groups in total. The quantitative estimate of drug-likeness (QED) is 0.628. The zero-order valence-corrected chi connectivity index (χ0v) is 18.5. The predicted molar refractivity (Wildman–Crippen MR) is 113 cm³/mol. The average molecular weight is 428 g/mol. The maximum atomic E-state index is 13.3. The molecular formula is C21H30ClNO4S. The van der Waals surface area contributed by atoms with Gasteiger partial charge in [-0.05, 0) is 61.5 Å². The average Bonchev–Trinajstić information content (AvgIpc) is 2.61. The van der Waals surface area contributed by atoms with Crippen LogP contribution in [0.5, 0.6) is 0 Å². The van der Waals surface area contributed by atoms with E-state index in [-0.39, 0.29) is 35.6 Å². The van der Waals surface area contributed by atoms with E-state index in [9.17, 15) is 19.2 Å². The summed E-state index contributed by atoms with van der Waals surface area (Å²) in [6.07, 6.45) is 1.05. The molecule has 1 amide bonds. The molecule has 1 saturated heterocycles. The summed E-state index contributed by atoms with van der Waals surface area (Å²) in [5.74, 6) is -1.15. The number of aliphatic carboxylic acids is 1. The monoisotopic (exact) mass is 427 g/mol. The van der Waals surface area contributed by atoms with Crippen molar-refractivity contribution in [3.05, 3.63) is 34.9 Å². The molecule has 0 aromatic heterocycles. The van der Waals surface area contributed by atoms with Gasteiger partial charge in [0.2, 0.25) is 5.91 Å². The summed E-state index contributed by atoms with van der Waals surface area (Å²) in [6.45, 7) is 7.87. The molecule has 7 heteroatoms. The maximum absolute atomic E-state index is 13.3. The van der Waals surface area contributed by atoms with Crippen LogP contribution in [-0.4, -0.2) is 43.5 Å². The smallest absolute Gasteiger partial charge is 0.304 e. The molecule has 1 aromatic rings. The van der Waals surface area contributed by atoms with Crippen molar-refractivity contribution in [3.63, 3.8) is 0 Å². The molecule has 1 aromatic carbocycles. The fraction of sp³-hybridized carbons (Fsp3) is 0.619. The number of benzene rings is 1. The number of piperidine rings is 1. The van der Waals surface area contributed by atoms with Gasteiger partial charge in [-0.15, -0.1) is 0 Å².